The number of nitrogens with two attached hydrogens (primary N) is 1. The standard InChI is InChI=1S/C12H14N2S.C12H23NO3.C11H23NO.CH2O/c1-9-12(15-8-14-9)11-5-3-10(4-6-11)7-13-2;13-11(14)9-7-5-3-1-2-4-6-8-10-12(15)16;1-11(2,3)8-10(9-13)6-5-7-12-4;1-2/h3-6,8,13H,7H2,1-2H3;1-10H2,(H2,13,14)(H,15,16);9-10,12H,5-8H2,1-4H3;1H2. The summed E-state index contributed by atoms with van der Waals surface area (Å²) >= 11 is 1.70. The molecule has 1 aromatic heterocycles. The van der Waals surface area contributed by atoms with Crippen LogP contribution in [-0.4, -0.2) is 55.7 Å². The number of carbonyl (C=O) groups is 4. The molecule has 0 spiro atoms. The maximum absolute atomic E-state index is 10.8. The zero-order chi connectivity index (χ0) is 35.2. The molecule has 5 N–H and O–H groups in total. The number of benzene rings is 1. The fourth-order valence-corrected chi connectivity index (χ4v) is 5.55. The van der Waals surface area contributed by atoms with E-state index in [1.165, 1.54) is 22.4 Å². The molecule has 0 aliphatic rings. The van der Waals surface area contributed by atoms with Crippen molar-refractivity contribution in [1.29, 1.82) is 0 Å². The van der Waals surface area contributed by atoms with Crippen molar-refractivity contribution < 1.29 is 24.3 Å². The van der Waals surface area contributed by atoms with E-state index < -0.39 is 5.97 Å². The molecular weight excluding hydrogens is 600 g/mol. The van der Waals surface area contributed by atoms with E-state index in [2.05, 4.69) is 60.7 Å². The molecule has 0 aliphatic carbocycles. The minimum atomic E-state index is -0.702. The fourth-order valence-electron chi connectivity index (χ4n) is 4.74. The molecule has 2 aromatic rings. The van der Waals surface area contributed by atoms with E-state index >= 15 is 0 Å². The molecule has 0 bridgehead atoms. The highest BCUT2D eigenvalue weighted by Gasteiger charge is 2.17. The number of nitrogens with one attached hydrogen (secondary N) is 2. The van der Waals surface area contributed by atoms with Gasteiger partial charge in [0.15, 0.2) is 0 Å². The molecule has 1 aromatic carbocycles. The molecule has 1 atom stereocenters. The van der Waals surface area contributed by atoms with Crippen molar-refractivity contribution in [2.24, 2.45) is 17.1 Å². The minimum absolute atomic E-state index is 0.214. The van der Waals surface area contributed by atoms with Crippen LogP contribution in [0.4, 0.5) is 0 Å². The van der Waals surface area contributed by atoms with Crippen LogP contribution in [-0.2, 0) is 25.7 Å². The molecule has 0 fully saturated rings. The van der Waals surface area contributed by atoms with Crippen molar-refractivity contribution in [2.75, 3.05) is 20.6 Å². The second-order valence-corrected chi connectivity index (χ2v) is 13.4. The minimum Gasteiger partial charge on any atom is -0.481 e. The van der Waals surface area contributed by atoms with Gasteiger partial charge in [0.1, 0.15) is 13.1 Å². The fraction of sp³-hybridized carbons (Fsp3) is 0.639. The van der Waals surface area contributed by atoms with Crippen molar-refractivity contribution in [3.05, 3.63) is 41.0 Å². The number of aryl methyl sites for hydroxylation is 1. The van der Waals surface area contributed by atoms with Crippen LogP contribution in [0.3, 0.4) is 0 Å². The number of aldehydes is 1. The van der Waals surface area contributed by atoms with E-state index in [-0.39, 0.29) is 17.2 Å². The van der Waals surface area contributed by atoms with Crippen LogP contribution in [0.1, 0.15) is 115 Å². The Balaban J connectivity index is 0. The number of nitrogens with zero attached hydrogens (tertiary/aromatic N) is 1. The summed E-state index contributed by atoms with van der Waals surface area (Å²) in [5.74, 6) is -0.673. The first kappa shape index (κ1) is 45.2. The lowest BCUT2D eigenvalue weighted by atomic mass is 9.83. The van der Waals surface area contributed by atoms with E-state index in [1.807, 2.05) is 33.3 Å². The lowest BCUT2D eigenvalue weighted by molar-refractivity contribution is -0.137. The average molecular weight is 663 g/mol. The SMILES string of the molecule is C=O.CNCCCC(C=O)CC(C)(C)C.CNCc1ccc(-c2scnc2C)cc1.NC(=O)CCCCCCCCCCC(=O)O. The summed E-state index contributed by atoms with van der Waals surface area (Å²) in [4.78, 5) is 44.9. The van der Waals surface area contributed by atoms with E-state index in [4.69, 9.17) is 15.6 Å². The van der Waals surface area contributed by atoms with Gasteiger partial charge in [-0.3, -0.25) is 9.59 Å². The number of aromatic nitrogens is 1. The molecule has 46 heavy (non-hydrogen) atoms. The second-order valence-electron chi connectivity index (χ2n) is 12.6. The number of hydrogen-bond donors (Lipinski definition) is 4. The van der Waals surface area contributed by atoms with Crippen LogP contribution in [0.15, 0.2) is 29.8 Å². The predicted molar refractivity (Wildman–Crippen MR) is 192 cm³/mol. The number of unbranched alkanes of at least 4 members (excludes halogenated alkanes) is 7. The molecule has 0 saturated carbocycles. The predicted octanol–water partition coefficient (Wildman–Crippen LogP) is 7.35. The lowest BCUT2D eigenvalue weighted by Crippen LogP contribution is -2.16. The Morgan fingerprint density at radius 3 is 1.89 bits per heavy atom. The first-order chi connectivity index (χ1) is 21.9. The Labute approximate surface area is 282 Å². The summed E-state index contributed by atoms with van der Waals surface area (Å²) in [6.45, 7) is 12.5. The van der Waals surface area contributed by atoms with E-state index in [1.54, 1.807) is 11.3 Å². The first-order valence-corrected chi connectivity index (χ1v) is 17.3. The summed E-state index contributed by atoms with van der Waals surface area (Å²) in [5.41, 5.74) is 10.9. The topological polar surface area (TPSA) is 151 Å². The number of hydrogen-bond acceptors (Lipinski definition) is 8. The quantitative estimate of drug-likeness (QED) is 0.0849. The van der Waals surface area contributed by atoms with Gasteiger partial charge in [-0.1, -0.05) is 83.6 Å². The van der Waals surface area contributed by atoms with Crippen LogP contribution in [0.25, 0.3) is 10.4 Å². The number of carbonyl (C=O) groups excluding carboxylic acids is 3. The van der Waals surface area contributed by atoms with Crippen molar-refractivity contribution in [3.63, 3.8) is 0 Å². The number of rotatable bonds is 20. The van der Waals surface area contributed by atoms with Gasteiger partial charge in [-0.2, -0.15) is 0 Å². The maximum Gasteiger partial charge on any atom is 0.303 e. The molecule has 262 valence electrons. The van der Waals surface area contributed by atoms with Crippen molar-refractivity contribution in [2.45, 2.75) is 118 Å². The molecule has 2 rings (SSSR count). The van der Waals surface area contributed by atoms with Gasteiger partial charge in [-0.05, 0) is 76.2 Å². The maximum atomic E-state index is 10.8. The van der Waals surface area contributed by atoms with E-state index in [0.717, 1.165) is 89.3 Å². The molecule has 0 saturated heterocycles. The van der Waals surface area contributed by atoms with Crippen LogP contribution in [0, 0.1) is 18.3 Å². The highest BCUT2D eigenvalue weighted by molar-refractivity contribution is 7.13. The summed E-state index contributed by atoms with van der Waals surface area (Å²) < 4.78 is 0. The van der Waals surface area contributed by atoms with Crippen LogP contribution in [0.5, 0.6) is 0 Å². The largest absolute Gasteiger partial charge is 0.481 e. The summed E-state index contributed by atoms with van der Waals surface area (Å²) in [6.07, 6.45) is 13.4. The highest BCUT2D eigenvalue weighted by Crippen LogP contribution is 2.27. The average Bonchev–Trinajstić information content (AvgIpc) is 3.44. The lowest BCUT2D eigenvalue weighted by Gasteiger charge is -2.22. The molecule has 1 amide bonds. The Morgan fingerprint density at radius 1 is 0.935 bits per heavy atom. The number of thiazole rings is 1. The van der Waals surface area contributed by atoms with Gasteiger partial charge in [0, 0.05) is 25.3 Å². The van der Waals surface area contributed by atoms with Gasteiger partial charge in [-0.25, -0.2) is 4.98 Å². The van der Waals surface area contributed by atoms with Gasteiger partial charge >= 0.3 is 5.97 Å². The number of carboxylic acids is 1. The Bertz CT molecular complexity index is 1020. The monoisotopic (exact) mass is 662 g/mol. The summed E-state index contributed by atoms with van der Waals surface area (Å²) in [6, 6.07) is 8.64. The Hall–Kier alpha value is -2.95. The van der Waals surface area contributed by atoms with Gasteiger partial charge in [0.2, 0.25) is 5.91 Å². The normalized spacial score (nSPS) is 11.1. The van der Waals surface area contributed by atoms with E-state index in [9.17, 15) is 14.4 Å². The van der Waals surface area contributed by atoms with Crippen LogP contribution < -0.4 is 16.4 Å². The van der Waals surface area contributed by atoms with Crippen molar-refractivity contribution >= 4 is 36.3 Å². The number of carboxylic acid groups (broad SMARTS) is 1. The third-order valence-corrected chi connectivity index (χ3v) is 7.95. The Kier molecular flexibility index (Phi) is 28.9. The highest BCUT2D eigenvalue weighted by atomic mass is 32.1. The van der Waals surface area contributed by atoms with Gasteiger partial charge in [0.05, 0.1) is 16.1 Å². The molecular formula is C36H62N4O5S. The zero-order valence-corrected chi connectivity index (χ0v) is 30.2. The van der Waals surface area contributed by atoms with Gasteiger partial charge < -0.3 is 31.1 Å². The van der Waals surface area contributed by atoms with Crippen LogP contribution >= 0.6 is 11.3 Å². The van der Waals surface area contributed by atoms with Crippen LogP contribution in [0.2, 0.25) is 0 Å². The molecule has 9 nitrogen and oxygen atoms in total. The van der Waals surface area contributed by atoms with E-state index in [0.29, 0.717) is 12.8 Å². The third kappa shape index (κ3) is 27.4. The second kappa shape index (κ2) is 29.5. The molecule has 1 heterocycles. The number of primary amides is 1. The molecule has 0 aliphatic heterocycles. The van der Waals surface area contributed by atoms with Gasteiger partial charge in [-0.15, -0.1) is 11.3 Å². The smallest absolute Gasteiger partial charge is 0.303 e. The molecule has 1 unspecified atom stereocenters. The number of amides is 1. The summed E-state index contributed by atoms with van der Waals surface area (Å²) in [5, 5.41) is 14.7. The number of aliphatic carboxylic acids is 1. The van der Waals surface area contributed by atoms with Crippen molar-refractivity contribution in [1.82, 2.24) is 15.6 Å². The third-order valence-electron chi connectivity index (χ3n) is 6.98. The Morgan fingerprint density at radius 2 is 1.48 bits per heavy atom. The zero-order valence-electron chi connectivity index (χ0n) is 29.4. The summed E-state index contributed by atoms with van der Waals surface area (Å²) in [7, 11) is 3.90. The van der Waals surface area contributed by atoms with Gasteiger partial charge in [0.25, 0.3) is 0 Å². The van der Waals surface area contributed by atoms with Crippen molar-refractivity contribution in [3.8, 4) is 10.4 Å². The molecule has 0 radical (unpaired) electrons. The molecule has 10 heteroatoms. The first-order valence-electron chi connectivity index (χ1n) is 16.5.